The SMILES string of the molecule is CCOc1ccc(NC(=O)N(CCC(=O)NCc2ccco2)C(C)c2ccccc2)cc1. The van der Waals surface area contributed by atoms with E-state index in [4.69, 9.17) is 9.15 Å². The molecular formula is C25H29N3O4. The number of ether oxygens (including phenoxy) is 1. The van der Waals surface area contributed by atoms with Crippen molar-refractivity contribution >= 4 is 17.6 Å². The highest BCUT2D eigenvalue weighted by Gasteiger charge is 2.22. The number of hydrogen-bond donors (Lipinski definition) is 2. The molecule has 0 bridgehead atoms. The van der Waals surface area contributed by atoms with Crippen molar-refractivity contribution in [2.24, 2.45) is 0 Å². The number of carbonyl (C=O) groups is 2. The first-order valence-electron chi connectivity index (χ1n) is 10.7. The fourth-order valence-corrected chi connectivity index (χ4v) is 3.29. The Balaban J connectivity index is 1.65. The number of nitrogens with one attached hydrogen (secondary N) is 2. The van der Waals surface area contributed by atoms with Crippen molar-refractivity contribution in [3.63, 3.8) is 0 Å². The van der Waals surface area contributed by atoms with E-state index in [1.165, 1.54) is 0 Å². The van der Waals surface area contributed by atoms with Gasteiger partial charge in [-0.25, -0.2) is 4.79 Å². The van der Waals surface area contributed by atoms with Crippen LogP contribution in [0.15, 0.2) is 77.4 Å². The molecule has 0 aliphatic heterocycles. The molecule has 1 unspecified atom stereocenters. The number of hydrogen-bond acceptors (Lipinski definition) is 4. The molecule has 32 heavy (non-hydrogen) atoms. The average Bonchev–Trinajstić information content (AvgIpc) is 3.33. The van der Waals surface area contributed by atoms with Crippen LogP contribution < -0.4 is 15.4 Å². The molecule has 3 amide bonds. The molecule has 0 saturated heterocycles. The summed E-state index contributed by atoms with van der Waals surface area (Å²) in [7, 11) is 0. The van der Waals surface area contributed by atoms with Crippen LogP contribution >= 0.6 is 0 Å². The highest BCUT2D eigenvalue weighted by atomic mass is 16.5. The monoisotopic (exact) mass is 435 g/mol. The first-order valence-corrected chi connectivity index (χ1v) is 10.7. The van der Waals surface area contributed by atoms with Gasteiger partial charge in [-0.05, 0) is 55.8 Å². The maximum atomic E-state index is 13.1. The van der Waals surface area contributed by atoms with Crippen LogP contribution in [0.1, 0.15) is 37.6 Å². The van der Waals surface area contributed by atoms with Crippen LogP contribution in [-0.2, 0) is 11.3 Å². The molecule has 3 aromatic rings. The van der Waals surface area contributed by atoms with E-state index in [0.717, 1.165) is 11.3 Å². The zero-order valence-electron chi connectivity index (χ0n) is 18.4. The van der Waals surface area contributed by atoms with E-state index in [2.05, 4.69) is 10.6 Å². The molecule has 2 N–H and O–H groups in total. The minimum atomic E-state index is -0.274. The predicted octanol–water partition coefficient (Wildman–Crippen LogP) is 4.98. The van der Waals surface area contributed by atoms with E-state index in [9.17, 15) is 9.59 Å². The number of nitrogens with zero attached hydrogens (tertiary/aromatic N) is 1. The molecule has 0 spiro atoms. The van der Waals surface area contributed by atoms with Crippen LogP contribution in [0.2, 0.25) is 0 Å². The normalized spacial score (nSPS) is 11.4. The van der Waals surface area contributed by atoms with Crippen LogP contribution in [0.25, 0.3) is 0 Å². The standard InChI is InChI=1S/C25H29N3O4/c1-3-31-22-13-11-21(12-14-22)27-25(30)28(19(2)20-8-5-4-6-9-20)16-15-24(29)26-18-23-10-7-17-32-23/h4-14,17,19H,3,15-16,18H2,1-2H3,(H,26,29)(H,27,30). The maximum Gasteiger partial charge on any atom is 0.322 e. The van der Waals surface area contributed by atoms with Gasteiger partial charge in [0.05, 0.1) is 25.5 Å². The summed E-state index contributed by atoms with van der Waals surface area (Å²) >= 11 is 0. The van der Waals surface area contributed by atoms with E-state index < -0.39 is 0 Å². The molecule has 7 heteroatoms. The molecule has 1 aromatic heterocycles. The van der Waals surface area contributed by atoms with Gasteiger partial charge in [0.25, 0.3) is 0 Å². The van der Waals surface area contributed by atoms with Crippen LogP contribution in [0.5, 0.6) is 5.75 Å². The van der Waals surface area contributed by atoms with Gasteiger partial charge in [-0.2, -0.15) is 0 Å². The third-order valence-electron chi connectivity index (χ3n) is 5.05. The van der Waals surface area contributed by atoms with Crippen LogP contribution in [0.4, 0.5) is 10.5 Å². The number of rotatable bonds is 10. The van der Waals surface area contributed by atoms with Crippen molar-refractivity contribution in [1.82, 2.24) is 10.2 Å². The topological polar surface area (TPSA) is 83.8 Å². The minimum absolute atomic E-state index is 0.152. The molecule has 168 valence electrons. The highest BCUT2D eigenvalue weighted by Crippen LogP contribution is 2.22. The van der Waals surface area contributed by atoms with Gasteiger partial charge in [-0.15, -0.1) is 0 Å². The molecule has 0 saturated carbocycles. The first-order chi connectivity index (χ1) is 15.6. The quantitative estimate of drug-likeness (QED) is 0.470. The Kier molecular flexibility index (Phi) is 8.31. The third kappa shape index (κ3) is 6.63. The lowest BCUT2D eigenvalue weighted by atomic mass is 10.1. The Morgan fingerprint density at radius 2 is 1.78 bits per heavy atom. The predicted molar refractivity (Wildman–Crippen MR) is 123 cm³/mol. The zero-order chi connectivity index (χ0) is 22.8. The van der Waals surface area contributed by atoms with Gasteiger partial charge in [-0.3, -0.25) is 4.79 Å². The lowest BCUT2D eigenvalue weighted by Gasteiger charge is -2.29. The maximum absolute atomic E-state index is 13.1. The third-order valence-corrected chi connectivity index (χ3v) is 5.05. The second-order valence-electron chi connectivity index (χ2n) is 7.27. The summed E-state index contributed by atoms with van der Waals surface area (Å²) in [6.07, 6.45) is 1.74. The molecule has 3 rings (SSSR count). The number of amides is 3. The van der Waals surface area contributed by atoms with E-state index >= 15 is 0 Å². The molecule has 1 atom stereocenters. The fraction of sp³-hybridized carbons (Fsp3) is 0.280. The minimum Gasteiger partial charge on any atom is -0.494 e. The summed E-state index contributed by atoms with van der Waals surface area (Å²) in [5, 5.41) is 5.75. The van der Waals surface area contributed by atoms with Gasteiger partial charge < -0.3 is 24.7 Å². The van der Waals surface area contributed by atoms with Gasteiger partial charge in [0.1, 0.15) is 11.5 Å². The first kappa shape index (κ1) is 22.9. The van der Waals surface area contributed by atoms with Crippen molar-refractivity contribution in [2.75, 3.05) is 18.5 Å². The number of urea groups is 1. The average molecular weight is 436 g/mol. The molecule has 2 aromatic carbocycles. The van der Waals surface area contributed by atoms with Crippen molar-refractivity contribution in [3.05, 3.63) is 84.3 Å². The number of benzene rings is 2. The Bertz CT molecular complexity index is 972. The number of anilines is 1. The summed E-state index contributed by atoms with van der Waals surface area (Å²) < 4.78 is 10.7. The van der Waals surface area contributed by atoms with Gasteiger partial charge in [0.15, 0.2) is 0 Å². The van der Waals surface area contributed by atoms with Crippen LogP contribution in [0, 0.1) is 0 Å². The van der Waals surface area contributed by atoms with Crippen molar-refractivity contribution in [1.29, 1.82) is 0 Å². The summed E-state index contributed by atoms with van der Waals surface area (Å²) in [6.45, 7) is 5.04. The number of furan rings is 1. The van der Waals surface area contributed by atoms with Crippen LogP contribution in [0.3, 0.4) is 0 Å². The van der Waals surface area contributed by atoms with E-state index in [1.807, 2.05) is 56.3 Å². The van der Waals surface area contributed by atoms with E-state index in [0.29, 0.717) is 24.6 Å². The zero-order valence-corrected chi connectivity index (χ0v) is 18.4. The molecule has 0 fully saturated rings. The lowest BCUT2D eigenvalue weighted by molar-refractivity contribution is -0.121. The number of carbonyl (C=O) groups excluding carboxylic acids is 2. The second kappa shape index (κ2) is 11.6. The summed E-state index contributed by atoms with van der Waals surface area (Å²) in [5.41, 5.74) is 1.65. The Morgan fingerprint density at radius 3 is 2.44 bits per heavy atom. The smallest absolute Gasteiger partial charge is 0.322 e. The molecular weight excluding hydrogens is 406 g/mol. The summed E-state index contributed by atoms with van der Waals surface area (Å²) in [6, 6.07) is 20.0. The van der Waals surface area contributed by atoms with Gasteiger partial charge in [0, 0.05) is 18.7 Å². The van der Waals surface area contributed by atoms with Gasteiger partial charge >= 0.3 is 6.03 Å². The summed E-state index contributed by atoms with van der Waals surface area (Å²) in [4.78, 5) is 27.2. The Labute approximate surface area is 188 Å². The Morgan fingerprint density at radius 1 is 1.03 bits per heavy atom. The molecule has 7 nitrogen and oxygen atoms in total. The van der Waals surface area contributed by atoms with Gasteiger partial charge in [-0.1, -0.05) is 30.3 Å². The molecule has 1 heterocycles. The highest BCUT2D eigenvalue weighted by molar-refractivity contribution is 5.90. The van der Waals surface area contributed by atoms with Crippen molar-refractivity contribution in [3.8, 4) is 5.75 Å². The lowest BCUT2D eigenvalue weighted by Crippen LogP contribution is -2.39. The van der Waals surface area contributed by atoms with E-state index in [1.54, 1.807) is 35.4 Å². The second-order valence-corrected chi connectivity index (χ2v) is 7.27. The fourth-order valence-electron chi connectivity index (χ4n) is 3.29. The van der Waals surface area contributed by atoms with Crippen molar-refractivity contribution < 1.29 is 18.7 Å². The largest absolute Gasteiger partial charge is 0.494 e. The van der Waals surface area contributed by atoms with Crippen molar-refractivity contribution in [2.45, 2.75) is 32.9 Å². The van der Waals surface area contributed by atoms with E-state index in [-0.39, 0.29) is 30.9 Å². The molecule has 0 aliphatic rings. The summed E-state index contributed by atoms with van der Waals surface area (Å²) in [5.74, 6) is 1.27. The molecule has 0 aliphatic carbocycles. The molecule has 0 radical (unpaired) electrons. The van der Waals surface area contributed by atoms with Gasteiger partial charge in [0.2, 0.25) is 5.91 Å². The van der Waals surface area contributed by atoms with Crippen LogP contribution in [-0.4, -0.2) is 30.0 Å². The Hall–Kier alpha value is -3.74.